The van der Waals surface area contributed by atoms with Crippen LogP contribution in [-0.4, -0.2) is 35.6 Å². The zero-order valence-corrected chi connectivity index (χ0v) is 11.2. The predicted octanol–water partition coefficient (Wildman–Crippen LogP) is 2.29. The molecule has 1 atom stereocenters. The predicted molar refractivity (Wildman–Crippen MR) is 69.7 cm³/mol. The van der Waals surface area contributed by atoms with Gasteiger partial charge in [-0.25, -0.2) is 0 Å². The maximum absolute atomic E-state index is 9.00. The molecule has 2 fully saturated rings. The van der Waals surface area contributed by atoms with E-state index in [4.69, 9.17) is 5.26 Å². The van der Waals surface area contributed by atoms with Gasteiger partial charge in [-0.15, -0.1) is 0 Å². The molecule has 0 amide bonds. The number of hydrogen-bond donors (Lipinski definition) is 1. The standard InChI is InChI=1S/C14H25N3/c1-14(2)11-16-10-13(8-9-15)17(14)12-6-4-3-5-7-12/h12-13,16H,3-8,10-11H2,1-2H3. The summed E-state index contributed by atoms with van der Waals surface area (Å²) in [7, 11) is 0. The van der Waals surface area contributed by atoms with Gasteiger partial charge in [-0.05, 0) is 26.7 Å². The van der Waals surface area contributed by atoms with Gasteiger partial charge in [-0.2, -0.15) is 5.26 Å². The third kappa shape index (κ3) is 2.81. The molecule has 1 aliphatic heterocycles. The number of piperazine rings is 1. The van der Waals surface area contributed by atoms with Gasteiger partial charge in [0.1, 0.15) is 0 Å². The lowest BCUT2D eigenvalue weighted by atomic mass is 9.86. The van der Waals surface area contributed by atoms with Crippen molar-refractivity contribution in [3.05, 3.63) is 0 Å². The zero-order chi connectivity index (χ0) is 12.3. The van der Waals surface area contributed by atoms with Gasteiger partial charge in [0.2, 0.25) is 0 Å². The molecule has 1 saturated heterocycles. The summed E-state index contributed by atoms with van der Waals surface area (Å²) in [5.41, 5.74) is 0.196. The van der Waals surface area contributed by atoms with Crippen LogP contribution in [0.2, 0.25) is 0 Å². The summed E-state index contributed by atoms with van der Waals surface area (Å²) < 4.78 is 0. The third-order valence-corrected chi connectivity index (χ3v) is 4.32. The number of hydrogen-bond acceptors (Lipinski definition) is 3. The van der Waals surface area contributed by atoms with Crippen LogP contribution in [0.1, 0.15) is 52.4 Å². The fraction of sp³-hybridized carbons (Fsp3) is 0.929. The highest BCUT2D eigenvalue weighted by atomic mass is 15.3. The summed E-state index contributed by atoms with van der Waals surface area (Å²) in [6, 6.07) is 3.48. The first-order chi connectivity index (χ1) is 8.15. The minimum Gasteiger partial charge on any atom is -0.313 e. The van der Waals surface area contributed by atoms with E-state index >= 15 is 0 Å². The molecule has 0 spiro atoms. The van der Waals surface area contributed by atoms with E-state index in [0.29, 0.717) is 18.5 Å². The van der Waals surface area contributed by atoms with E-state index in [1.807, 2.05) is 0 Å². The number of nitrogens with one attached hydrogen (secondary N) is 1. The Balaban J connectivity index is 2.13. The van der Waals surface area contributed by atoms with E-state index < -0.39 is 0 Å². The molecule has 17 heavy (non-hydrogen) atoms. The minimum atomic E-state index is 0.196. The van der Waals surface area contributed by atoms with Crippen LogP contribution >= 0.6 is 0 Å². The van der Waals surface area contributed by atoms with Crippen LogP contribution < -0.4 is 5.32 Å². The molecule has 2 aliphatic rings. The Morgan fingerprint density at radius 2 is 2.00 bits per heavy atom. The Bertz CT molecular complexity index is 286. The van der Waals surface area contributed by atoms with Crippen LogP contribution in [-0.2, 0) is 0 Å². The van der Waals surface area contributed by atoms with Gasteiger partial charge >= 0.3 is 0 Å². The Labute approximate surface area is 105 Å². The SMILES string of the molecule is CC1(C)CNCC(CC#N)N1C1CCCCC1. The maximum atomic E-state index is 9.00. The summed E-state index contributed by atoms with van der Waals surface area (Å²) in [6.45, 7) is 6.66. The van der Waals surface area contributed by atoms with Crippen LogP contribution in [0.25, 0.3) is 0 Å². The van der Waals surface area contributed by atoms with Gasteiger partial charge in [0.15, 0.2) is 0 Å². The second-order valence-corrected chi connectivity index (χ2v) is 6.16. The second-order valence-electron chi connectivity index (χ2n) is 6.16. The Kier molecular flexibility index (Phi) is 4.06. The lowest BCUT2D eigenvalue weighted by Gasteiger charge is -2.52. The summed E-state index contributed by atoms with van der Waals surface area (Å²) >= 11 is 0. The van der Waals surface area contributed by atoms with Crippen molar-refractivity contribution in [1.29, 1.82) is 5.26 Å². The molecule has 96 valence electrons. The molecule has 3 heteroatoms. The van der Waals surface area contributed by atoms with Crippen molar-refractivity contribution in [2.45, 2.75) is 70.0 Å². The fourth-order valence-electron chi connectivity index (χ4n) is 3.66. The minimum absolute atomic E-state index is 0.196. The van der Waals surface area contributed by atoms with Crippen LogP contribution in [0.4, 0.5) is 0 Å². The van der Waals surface area contributed by atoms with E-state index in [1.54, 1.807) is 0 Å². The second kappa shape index (κ2) is 5.37. The first kappa shape index (κ1) is 12.9. The normalized spacial score (nSPS) is 31.0. The average molecular weight is 235 g/mol. The van der Waals surface area contributed by atoms with E-state index in [-0.39, 0.29) is 5.54 Å². The van der Waals surface area contributed by atoms with Gasteiger partial charge in [0, 0.05) is 30.7 Å². The molecule has 3 nitrogen and oxygen atoms in total. The molecule has 0 aromatic heterocycles. The highest BCUT2D eigenvalue weighted by Crippen LogP contribution is 2.32. The van der Waals surface area contributed by atoms with Crippen molar-refractivity contribution in [2.75, 3.05) is 13.1 Å². The highest BCUT2D eigenvalue weighted by Gasteiger charge is 2.40. The summed E-state index contributed by atoms with van der Waals surface area (Å²) in [5.74, 6) is 0. The van der Waals surface area contributed by atoms with E-state index in [9.17, 15) is 0 Å². The molecule has 1 N–H and O–H groups in total. The van der Waals surface area contributed by atoms with E-state index in [0.717, 1.165) is 13.1 Å². The Hall–Kier alpha value is -0.590. The first-order valence-corrected chi connectivity index (χ1v) is 7.01. The molecule has 1 unspecified atom stereocenters. The third-order valence-electron chi connectivity index (χ3n) is 4.32. The molecular weight excluding hydrogens is 210 g/mol. The highest BCUT2D eigenvalue weighted by molar-refractivity contribution is 5.00. The van der Waals surface area contributed by atoms with Crippen LogP contribution in [0, 0.1) is 11.3 Å². The van der Waals surface area contributed by atoms with Gasteiger partial charge in [0.25, 0.3) is 0 Å². The fourth-order valence-corrected chi connectivity index (χ4v) is 3.66. The molecule has 1 saturated carbocycles. The monoisotopic (exact) mass is 235 g/mol. The molecule has 2 rings (SSSR count). The molecule has 1 heterocycles. The summed E-state index contributed by atoms with van der Waals surface area (Å²) in [4.78, 5) is 2.66. The van der Waals surface area contributed by atoms with Crippen molar-refractivity contribution in [3.8, 4) is 6.07 Å². The van der Waals surface area contributed by atoms with E-state index in [2.05, 4.69) is 30.1 Å². The summed E-state index contributed by atoms with van der Waals surface area (Å²) in [6.07, 6.45) is 7.43. The van der Waals surface area contributed by atoms with Gasteiger partial charge < -0.3 is 5.32 Å². The van der Waals surface area contributed by atoms with Crippen LogP contribution in [0.15, 0.2) is 0 Å². The van der Waals surface area contributed by atoms with Gasteiger partial charge in [-0.1, -0.05) is 19.3 Å². The number of nitrogens with zero attached hydrogens (tertiary/aromatic N) is 2. The van der Waals surface area contributed by atoms with Gasteiger partial charge in [-0.3, -0.25) is 4.90 Å². The van der Waals surface area contributed by atoms with Crippen molar-refractivity contribution in [1.82, 2.24) is 10.2 Å². The maximum Gasteiger partial charge on any atom is 0.0638 e. The Morgan fingerprint density at radius 3 is 2.65 bits per heavy atom. The zero-order valence-electron chi connectivity index (χ0n) is 11.2. The molecule has 0 radical (unpaired) electrons. The van der Waals surface area contributed by atoms with Crippen molar-refractivity contribution in [2.24, 2.45) is 0 Å². The number of rotatable bonds is 2. The lowest BCUT2D eigenvalue weighted by Crippen LogP contribution is -2.66. The van der Waals surface area contributed by atoms with Crippen molar-refractivity contribution < 1.29 is 0 Å². The topological polar surface area (TPSA) is 39.1 Å². The first-order valence-electron chi connectivity index (χ1n) is 7.01. The van der Waals surface area contributed by atoms with Crippen molar-refractivity contribution >= 4 is 0 Å². The molecule has 0 aromatic carbocycles. The van der Waals surface area contributed by atoms with Gasteiger partial charge in [0.05, 0.1) is 12.5 Å². The molecule has 1 aliphatic carbocycles. The largest absolute Gasteiger partial charge is 0.313 e. The lowest BCUT2D eigenvalue weighted by molar-refractivity contribution is -0.0146. The van der Waals surface area contributed by atoms with E-state index in [1.165, 1.54) is 32.1 Å². The van der Waals surface area contributed by atoms with Crippen LogP contribution in [0.3, 0.4) is 0 Å². The Morgan fingerprint density at radius 1 is 1.29 bits per heavy atom. The smallest absolute Gasteiger partial charge is 0.0638 e. The molecule has 0 bridgehead atoms. The molecule has 0 aromatic rings. The summed E-state index contributed by atoms with van der Waals surface area (Å²) in [5, 5.41) is 12.5. The van der Waals surface area contributed by atoms with Crippen LogP contribution in [0.5, 0.6) is 0 Å². The number of nitriles is 1. The quantitative estimate of drug-likeness (QED) is 0.798. The van der Waals surface area contributed by atoms with Crippen molar-refractivity contribution in [3.63, 3.8) is 0 Å². The molecular formula is C14H25N3. The average Bonchev–Trinajstić information content (AvgIpc) is 2.29.